The predicted octanol–water partition coefficient (Wildman–Crippen LogP) is 1.31. The molecular weight excluding hydrogens is 288 g/mol. The number of nitrogens with zero attached hydrogens (tertiary/aromatic N) is 1. The summed E-state index contributed by atoms with van der Waals surface area (Å²) in [5.74, 6) is 0. The van der Waals surface area contributed by atoms with Gasteiger partial charge in [0.2, 0.25) is 10.0 Å². The number of aromatic amines is 1. The SMILES string of the molecule is CCNCc1cccc(S(=O)(=O)NCc2cn[nH]c2C)c1. The lowest BCUT2D eigenvalue weighted by molar-refractivity contribution is 0.581. The van der Waals surface area contributed by atoms with E-state index in [1.807, 2.05) is 19.9 Å². The monoisotopic (exact) mass is 308 g/mol. The van der Waals surface area contributed by atoms with Crippen LogP contribution in [0.2, 0.25) is 0 Å². The van der Waals surface area contributed by atoms with Crippen LogP contribution in [-0.4, -0.2) is 25.2 Å². The third kappa shape index (κ3) is 4.13. The van der Waals surface area contributed by atoms with E-state index in [4.69, 9.17) is 0 Å². The fraction of sp³-hybridized carbons (Fsp3) is 0.357. The minimum atomic E-state index is -3.52. The molecule has 0 aliphatic carbocycles. The van der Waals surface area contributed by atoms with Crippen molar-refractivity contribution in [2.24, 2.45) is 0 Å². The van der Waals surface area contributed by atoms with Gasteiger partial charge in [0.1, 0.15) is 0 Å². The minimum absolute atomic E-state index is 0.224. The predicted molar refractivity (Wildman–Crippen MR) is 81.2 cm³/mol. The molecule has 1 heterocycles. The Balaban J connectivity index is 2.10. The summed E-state index contributed by atoms with van der Waals surface area (Å²) < 4.78 is 27.2. The van der Waals surface area contributed by atoms with Gasteiger partial charge in [-0.2, -0.15) is 5.10 Å². The quantitative estimate of drug-likeness (QED) is 0.719. The molecule has 0 saturated heterocycles. The van der Waals surface area contributed by atoms with E-state index in [1.54, 1.807) is 24.4 Å². The number of rotatable bonds is 7. The second kappa shape index (κ2) is 6.84. The molecule has 2 aromatic rings. The molecule has 7 heteroatoms. The molecule has 2 rings (SSSR count). The van der Waals surface area contributed by atoms with Crippen molar-refractivity contribution in [2.75, 3.05) is 6.54 Å². The zero-order valence-electron chi connectivity index (χ0n) is 12.2. The van der Waals surface area contributed by atoms with Gasteiger partial charge in [0.15, 0.2) is 0 Å². The molecule has 0 aliphatic heterocycles. The van der Waals surface area contributed by atoms with Crippen LogP contribution in [0.1, 0.15) is 23.7 Å². The van der Waals surface area contributed by atoms with Gasteiger partial charge in [-0.3, -0.25) is 5.10 Å². The molecule has 0 atom stereocenters. The molecule has 3 N–H and O–H groups in total. The summed E-state index contributed by atoms with van der Waals surface area (Å²) in [7, 11) is -3.52. The van der Waals surface area contributed by atoms with Crippen LogP contribution in [0.3, 0.4) is 0 Å². The van der Waals surface area contributed by atoms with Crippen molar-refractivity contribution in [2.45, 2.75) is 31.8 Å². The van der Waals surface area contributed by atoms with E-state index in [9.17, 15) is 8.42 Å². The Labute approximate surface area is 125 Å². The molecule has 0 saturated carbocycles. The number of nitrogens with one attached hydrogen (secondary N) is 3. The van der Waals surface area contributed by atoms with Gasteiger partial charge in [0, 0.05) is 24.3 Å². The molecule has 0 amide bonds. The molecule has 1 aromatic carbocycles. The van der Waals surface area contributed by atoms with E-state index >= 15 is 0 Å². The number of sulfonamides is 1. The zero-order chi connectivity index (χ0) is 15.3. The molecule has 6 nitrogen and oxygen atoms in total. The molecule has 21 heavy (non-hydrogen) atoms. The summed E-state index contributed by atoms with van der Waals surface area (Å²) in [4.78, 5) is 0.277. The van der Waals surface area contributed by atoms with Gasteiger partial charge in [-0.25, -0.2) is 13.1 Å². The van der Waals surface area contributed by atoms with Gasteiger partial charge < -0.3 is 5.32 Å². The topological polar surface area (TPSA) is 86.9 Å². The fourth-order valence-corrected chi connectivity index (χ4v) is 2.98. The largest absolute Gasteiger partial charge is 0.313 e. The Hall–Kier alpha value is -1.70. The summed E-state index contributed by atoms with van der Waals surface area (Å²) >= 11 is 0. The van der Waals surface area contributed by atoms with E-state index in [0.29, 0.717) is 6.54 Å². The Kier molecular flexibility index (Phi) is 5.11. The van der Waals surface area contributed by atoms with Crippen LogP contribution < -0.4 is 10.0 Å². The molecule has 0 radical (unpaired) electrons. The lowest BCUT2D eigenvalue weighted by Crippen LogP contribution is -2.23. The van der Waals surface area contributed by atoms with E-state index in [-0.39, 0.29) is 11.4 Å². The van der Waals surface area contributed by atoms with Crippen molar-refractivity contribution >= 4 is 10.0 Å². The van der Waals surface area contributed by atoms with Crippen molar-refractivity contribution in [1.82, 2.24) is 20.2 Å². The Morgan fingerprint density at radius 1 is 1.29 bits per heavy atom. The summed E-state index contributed by atoms with van der Waals surface area (Å²) in [6, 6.07) is 6.94. The van der Waals surface area contributed by atoms with Gasteiger partial charge >= 0.3 is 0 Å². The summed E-state index contributed by atoms with van der Waals surface area (Å²) in [5.41, 5.74) is 2.64. The van der Waals surface area contributed by atoms with Crippen LogP contribution in [0, 0.1) is 6.92 Å². The molecule has 0 bridgehead atoms. The Morgan fingerprint density at radius 3 is 2.76 bits per heavy atom. The van der Waals surface area contributed by atoms with E-state index in [0.717, 1.165) is 23.4 Å². The number of hydrogen-bond donors (Lipinski definition) is 3. The van der Waals surface area contributed by atoms with E-state index < -0.39 is 10.0 Å². The third-order valence-electron chi connectivity index (χ3n) is 3.17. The van der Waals surface area contributed by atoms with Crippen LogP contribution in [0.25, 0.3) is 0 Å². The van der Waals surface area contributed by atoms with Crippen molar-refractivity contribution in [3.8, 4) is 0 Å². The Morgan fingerprint density at radius 2 is 2.10 bits per heavy atom. The maximum absolute atomic E-state index is 12.3. The average Bonchev–Trinajstić information content (AvgIpc) is 2.89. The first kappa shape index (κ1) is 15.7. The second-order valence-electron chi connectivity index (χ2n) is 4.77. The summed E-state index contributed by atoms with van der Waals surface area (Å²) in [5, 5.41) is 9.84. The molecule has 0 aliphatic rings. The van der Waals surface area contributed by atoms with Crippen LogP contribution in [-0.2, 0) is 23.1 Å². The maximum Gasteiger partial charge on any atom is 0.240 e. The average molecular weight is 308 g/mol. The first-order valence-corrected chi connectivity index (χ1v) is 8.29. The van der Waals surface area contributed by atoms with E-state index in [2.05, 4.69) is 20.2 Å². The number of aromatic nitrogens is 2. The van der Waals surface area contributed by atoms with Crippen molar-refractivity contribution in [3.63, 3.8) is 0 Å². The van der Waals surface area contributed by atoms with Crippen LogP contribution in [0.15, 0.2) is 35.4 Å². The van der Waals surface area contributed by atoms with Crippen LogP contribution in [0.4, 0.5) is 0 Å². The summed E-state index contributed by atoms with van der Waals surface area (Å²) in [6.07, 6.45) is 1.62. The number of benzene rings is 1. The smallest absolute Gasteiger partial charge is 0.240 e. The highest BCUT2D eigenvalue weighted by atomic mass is 32.2. The summed E-state index contributed by atoms with van der Waals surface area (Å²) in [6.45, 7) is 5.58. The molecule has 0 fully saturated rings. The molecular formula is C14H20N4O2S. The van der Waals surface area contributed by atoms with Gasteiger partial charge in [-0.05, 0) is 31.2 Å². The van der Waals surface area contributed by atoms with Gasteiger partial charge in [0.25, 0.3) is 0 Å². The van der Waals surface area contributed by atoms with Crippen molar-refractivity contribution in [1.29, 1.82) is 0 Å². The highest BCUT2D eigenvalue weighted by Crippen LogP contribution is 2.12. The highest BCUT2D eigenvalue weighted by Gasteiger charge is 2.15. The fourth-order valence-electron chi connectivity index (χ4n) is 1.90. The first-order valence-electron chi connectivity index (χ1n) is 6.81. The first-order chi connectivity index (χ1) is 10.0. The molecule has 0 unspecified atom stereocenters. The number of hydrogen-bond acceptors (Lipinski definition) is 4. The minimum Gasteiger partial charge on any atom is -0.313 e. The maximum atomic E-state index is 12.3. The van der Waals surface area contributed by atoms with Crippen molar-refractivity contribution in [3.05, 3.63) is 47.3 Å². The van der Waals surface area contributed by atoms with Gasteiger partial charge in [-0.15, -0.1) is 0 Å². The van der Waals surface area contributed by atoms with Crippen LogP contribution >= 0.6 is 0 Å². The second-order valence-corrected chi connectivity index (χ2v) is 6.54. The number of aryl methyl sites for hydroxylation is 1. The van der Waals surface area contributed by atoms with E-state index in [1.165, 1.54) is 0 Å². The molecule has 0 spiro atoms. The van der Waals surface area contributed by atoms with Crippen LogP contribution in [0.5, 0.6) is 0 Å². The lowest BCUT2D eigenvalue weighted by atomic mass is 10.2. The zero-order valence-corrected chi connectivity index (χ0v) is 13.0. The number of H-pyrrole nitrogens is 1. The standard InChI is InChI=1S/C14H20N4O2S/c1-3-15-8-12-5-4-6-14(7-12)21(19,20)17-10-13-9-16-18-11(13)2/h4-7,9,15,17H,3,8,10H2,1-2H3,(H,16,18). The highest BCUT2D eigenvalue weighted by molar-refractivity contribution is 7.89. The lowest BCUT2D eigenvalue weighted by Gasteiger charge is -2.08. The van der Waals surface area contributed by atoms with Gasteiger partial charge in [-0.1, -0.05) is 19.1 Å². The van der Waals surface area contributed by atoms with Crippen molar-refractivity contribution < 1.29 is 8.42 Å². The third-order valence-corrected chi connectivity index (χ3v) is 4.57. The molecule has 1 aromatic heterocycles. The van der Waals surface area contributed by atoms with Gasteiger partial charge in [0.05, 0.1) is 11.1 Å². The molecule has 114 valence electrons. The normalized spacial score (nSPS) is 11.7. The Bertz CT molecular complexity index is 695.